The lowest BCUT2D eigenvalue weighted by Crippen LogP contribution is -2.34. The van der Waals surface area contributed by atoms with Crippen LogP contribution >= 0.6 is 0 Å². The second kappa shape index (κ2) is 4.08. The number of Topliss-reactive ketones (excluding diaryl/α,β-unsaturated/α-hetero) is 1. The number of hydrazine groups is 2. The van der Waals surface area contributed by atoms with Crippen molar-refractivity contribution in [1.29, 1.82) is 0 Å². The van der Waals surface area contributed by atoms with E-state index in [1.54, 1.807) is 5.01 Å². The number of nitrogens with one attached hydrogen (secondary N) is 2. The van der Waals surface area contributed by atoms with Gasteiger partial charge >= 0.3 is 0 Å². The number of ketones is 1. The van der Waals surface area contributed by atoms with Crippen molar-refractivity contribution in [2.45, 2.75) is 6.92 Å². The highest BCUT2D eigenvalue weighted by Crippen LogP contribution is 1.96. The van der Waals surface area contributed by atoms with Gasteiger partial charge < -0.3 is 10.2 Å². The SMILES string of the molecule is CC(=O)COCC1=CN(C)NN1. The van der Waals surface area contributed by atoms with Gasteiger partial charge in [0.25, 0.3) is 0 Å². The minimum atomic E-state index is 0.0370. The minimum absolute atomic E-state index is 0.0370. The van der Waals surface area contributed by atoms with Gasteiger partial charge in [0, 0.05) is 13.2 Å². The van der Waals surface area contributed by atoms with Crippen LogP contribution in [0.25, 0.3) is 0 Å². The van der Waals surface area contributed by atoms with Crippen LogP contribution in [0.4, 0.5) is 0 Å². The summed E-state index contributed by atoms with van der Waals surface area (Å²) < 4.78 is 5.08. The van der Waals surface area contributed by atoms with E-state index in [-0.39, 0.29) is 12.4 Å². The van der Waals surface area contributed by atoms with Crippen molar-refractivity contribution in [3.8, 4) is 0 Å². The summed E-state index contributed by atoms with van der Waals surface area (Å²) in [7, 11) is 1.87. The van der Waals surface area contributed by atoms with Gasteiger partial charge in [-0.25, -0.2) is 0 Å². The summed E-state index contributed by atoms with van der Waals surface area (Å²) in [6.45, 7) is 2.10. The fraction of sp³-hybridized carbons (Fsp3) is 0.571. The van der Waals surface area contributed by atoms with Crippen molar-refractivity contribution in [2.24, 2.45) is 0 Å². The molecule has 0 radical (unpaired) electrons. The van der Waals surface area contributed by atoms with E-state index in [4.69, 9.17) is 4.74 Å². The van der Waals surface area contributed by atoms with Crippen LogP contribution in [-0.2, 0) is 9.53 Å². The Hall–Kier alpha value is -1.07. The van der Waals surface area contributed by atoms with Crippen molar-refractivity contribution < 1.29 is 9.53 Å². The fourth-order valence-electron chi connectivity index (χ4n) is 0.836. The zero-order chi connectivity index (χ0) is 8.97. The van der Waals surface area contributed by atoms with Crippen molar-refractivity contribution in [3.63, 3.8) is 0 Å². The predicted molar refractivity (Wildman–Crippen MR) is 43.6 cm³/mol. The molecule has 0 amide bonds. The molecule has 0 aromatic rings. The second-order valence-electron chi connectivity index (χ2n) is 2.70. The van der Waals surface area contributed by atoms with Gasteiger partial charge in [-0.05, 0) is 6.92 Å². The second-order valence-corrected chi connectivity index (χ2v) is 2.70. The largest absolute Gasteiger partial charge is 0.367 e. The lowest BCUT2D eigenvalue weighted by atomic mass is 10.5. The summed E-state index contributed by atoms with van der Waals surface area (Å²) in [5.74, 6) is 0.0370. The Morgan fingerprint density at radius 2 is 2.50 bits per heavy atom. The molecule has 68 valence electrons. The molecule has 0 bridgehead atoms. The van der Waals surface area contributed by atoms with Gasteiger partial charge in [0.2, 0.25) is 0 Å². The molecule has 0 unspecified atom stereocenters. The van der Waals surface area contributed by atoms with Gasteiger partial charge in [-0.2, -0.15) is 0 Å². The number of hydrogen-bond donors (Lipinski definition) is 2. The quantitative estimate of drug-likeness (QED) is 0.591. The number of nitrogens with zero attached hydrogens (tertiary/aromatic N) is 1. The maximum atomic E-state index is 10.5. The molecule has 0 aromatic heterocycles. The van der Waals surface area contributed by atoms with Crippen molar-refractivity contribution in [1.82, 2.24) is 16.0 Å². The summed E-state index contributed by atoms with van der Waals surface area (Å²) in [5, 5.41) is 1.77. The van der Waals surface area contributed by atoms with Crippen LogP contribution in [0.1, 0.15) is 6.92 Å². The van der Waals surface area contributed by atoms with Crippen molar-refractivity contribution >= 4 is 5.78 Å². The first-order valence-corrected chi connectivity index (χ1v) is 3.71. The fourth-order valence-corrected chi connectivity index (χ4v) is 0.836. The van der Waals surface area contributed by atoms with Gasteiger partial charge in [-0.3, -0.25) is 9.80 Å². The van der Waals surface area contributed by atoms with Crippen LogP contribution in [0, 0.1) is 0 Å². The zero-order valence-corrected chi connectivity index (χ0v) is 7.26. The van der Waals surface area contributed by atoms with E-state index in [1.165, 1.54) is 6.92 Å². The van der Waals surface area contributed by atoms with E-state index in [2.05, 4.69) is 11.0 Å². The van der Waals surface area contributed by atoms with Crippen LogP contribution in [0.15, 0.2) is 11.9 Å². The van der Waals surface area contributed by atoms with Gasteiger partial charge in [0.1, 0.15) is 6.61 Å². The van der Waals surface area contributed by atoms with E-state index >= 15 is 0 Å². The molecule has 5 nitrogen and oxygen atoms in total. The summed E-state index contributed by atoms with van der Waals surface area (Å²) in [6, 6.07) is 0. The molecule has 1 heterocycles. The van der Waals surface area contributed by atoms with Crippen LogP contribution in [0.3, 0.4) is 0 Å². The molecular weight excluding hydrogens is 158 g/mol. The lowest BCUT2D eigenvalue weighted by molar-refractivity contribution is -0.121. The molecule has 0 atom stereocenters. The van der Waals surface area contributed by atoms with Crippen LogP contribution in [0.5, 0.6) is 0 Å². The predicted octanol–water partition coefficient (Wildman–Crippen LogP) is -0.612. The molecule has 0 spiro atoms. The van der Waals surface area contributed by atoms with Gasteiger partial charge in [0.05, 0.1) is 12.3 Å². The zero-order valence-electron chi connectivity index (χ0n) is 7.26. The molecular formula is C7H13N3O2. The van der Waals surface area contributed by atoms with Crippen molar-refractivity contribution in [2.75, 3.05) is 20.3 Å². The van der Waals surface area contributed by atoms with E-state index in [9.17, 15) is 4.79 Å². The van der Waals surface area contributed by atoms with E-state index in [0.717, 1.165) is 5.70 Å². The molecule has 1 aliphatic heterocycles. The Morgan fingerprint density at radius 1 is 1.75 bits per heavy atom. The minimum Gasteiger partial charge on any atom is -0.367 e. The standard InChI is InChI=1S/C7H13N3O2/c1-6(11)4-12-5-7-3-10(2)9-8-7/h3,8-9H,4-5H2,1-2H3. The molecule has 0 fully saturated rings. The Bertz CT molecular complexity index is 203. The van der Waals surface area contributed by atoms with E-state index in [1.807, 2.05) is 13.2 Å². The van der Waals surface area contributed by atoms with Gasteiger partial charge in [0.15, 0.2) is 5.78 Å². The highest BCUT2D eigenvalue weighted by atomic mass is 16.5. The third kappa shape index (κ3) is 2.89. The third-order valence-corrected chi connectivity index (χ3v) is 1.31. The Kier molecular flexibility index (Phi) is 3.07. The maximum absolute atomic E-state index is 10.5. The summed E-state index contributed by atoms with van der Waals surface area (Å²) in [4.78, 5) is 10.5. The number of carbonyl (C=O) groups is 1. The first-order valence-electron chi connectivity index (χ1n) is 3.71. The number of rotatable bonds is 4. The number of ether oxygens (including phenoxy) is 1. The summed E-state index contributed by atoms with van der Waals surface area (Å²) in [5.41, 5.74) is 6.63. The molecule has 1 rings (SSSR count). The number of hydrogen-bond acceptors (Lipinski definition) is 5. The lowest BCUT2D eigenvalue weighted by Gasteiger charge is -2.05. The molecule has 12 heavy (non-hydrogen) atoms. The van der Waals surface area contributed by atoms with Gasteiger partial charge in [-0.15, -0.1) is 5.53 Å². The van der Waals surface area contributed by atoms with Crippen molar-refractivity contribution in [3.05, 3.63) is 11.9 Å². The first kappa shape index (κ1) is 9.02. The van der Waals surface area contributed by atoms with Gasteiger partial charge in [-0.1, -0.05) is 0 Å². The Morgan fingerprint density at radius 3 is 3.00 bits per heavy atom. The molecule has 0 saturated carbocycles. The topological polar surface area (TPSA) is 53.6 Å². The molecule has 1 aliphatic rings. The highest BCUT2D eigenvalue weighted by molar-refractivity contribution is 5.76. The average molecular weight is 171 g/mol. The molecule has 2 N–H and O–H groups in total. The third-order valence-electron chi connectivity index (χ3n) is 1.31. The summed E-state index contributed by atoms with van der Waals surface area (Å²) >= 11 is 0. The number of carbonyl (C=O) groups excluding carboxylic acids is 1. The van der Waals surface area contributed by atoms with E-state index < -0.39 is 0 Å². The first-order chi connectivity index (χ1) is 5.68. The van der Waals surface area contributed by atoms with Crippen LogP contribution in [-0.4, -0.2) is 31.1 Å². The van der Waals surface area contributed by atoms with Crippen LogP contribution < -0.4 is 11.0 Å². The summed E-state index contributed by atoms with van der Waals surface area (Å²) in [6.07, 6.45) is 1.86. The van der Waals surface area contributed by atoms with Crippen LogP contribution in [0.2, 0.25) is 0 Å². The average Bonchev–Trinajstić information content (AvgIpc) is 2.35. The highest BCUT2D eigenvalue weighted by Gasteiger charge is 2.06. The smallest absolute Gasteiger partial charge is 0.155 e. The Labute approximate surface area is 71.3 Å². The monoisotopic (exact) mass is 171 g/mol. The molecule has 5 heteroatoms. The molecule has 0 aromatic carbocycles. The molecule has 0 saturated heterocycles. The maximum Gasteiger partial charge on any atom is 0.155 e. The Balaban J connectivity index is 2.15. The molecule has 0 aliphatic carbocycles. The normalized spacial score (nSPS) is 15.8. The van der Waals surface area contributed by atoms with E-state index in [0.29, 0.717) is 6.61 Å².